The van der Waals surface area contributed by atoms with Crippen molar-refractivity contribution in [3.63, 3.8) is 0 Å². The van der Waals surface area contributed by atoms with E-state index in [0.717, 1.165) is 48.2 Å². The van der Waals surface area contributed by atoms with Gasteiger partial charge >= 0.3 is 5.97 Å². The molecule has 3 rings (SSSR count). The van der Waals surface area contributed by atoms with Gasteiger partial charge in [-0.05, 0) is 86.3 Å². The molecule has 148 valence electrons. The first-order valence-electron chi connectivity index (χ1n) is 9.31. The van der Waals surface area contributed by atoms with Gasteiger partial charge in [0.2, 0.25) is 0 Å². The highest BCUT2D eigenvalue weighted by Gasteiger charge is 2.32. The van der Waals surface area contributed by atoms with E-state index in [2.05, 4.69) is 6.58 Å². The fourth-order valence-corrected chi connectivity index (χ4v) is 5.45. The van der Waals surface area contributed by atoms with Crippen molar-refractivity contribution in [2.75, 3.05) is 13.1 Å². The number of aryl methyl sites for hydroxylation is 1. The van der Waals surface area contributed by atoms with Crippen molar-refractivity contribution in [2.45, 2.75) is 37.0 Å². The zero-order valence-corrected chi connectivity index (χ0v) is 17.0. The number of hydrogen-bond donors (Lipinski definition) is 1. The standard InChI is InChI=1S/C22H25NO4S/c1-4-21(23-11-5-6-12-23)28(26,27)19-13-15(2)16(3)20(14-19)17-7-9-18(10-8-17)22(24)25/h4,7-10,13-14,21H,1,5-6,11-12H2,2-3H3,(H,24,25). The molecule has 1 heterocycles. The van der Waals surface area contributed by atoms with Crippen molar-refractivity contribution in [1.82, 2.24) is 4.90 Å². The van der Waals surface area contributed by atoms with E-state index in [1.54, 1.807) is 24.3 Å². The van der Waals surface area contributed by atoms with Gasteiger partial charge in [0, 0.05) is 0 Å². The molecule has 1 unspecified atom stereocenters. The average Bonchev–Trinajstić information content (AvgIpc) is 3.18. The summed E-state index contributed by atoms with van der Waals surface area (Å²) in [6.45, 7) is 9.11. The van der Waals surface area contributed by atoms with Gasteiger partial charge in [0.1, 0.15) is 5.37 Å². The maximum atomic E-state index is 13.4. The third-order valence-electron chi connectivity index (χ3n) is 5.43. The second-order valence-corrected chi connectivity index (χ2v) is 9.25. The Bertz CT molecular complexity index is 1000. The third-order valence-corrected chi connectivity index (χ3v) is 7.45. The summed E-state index contributed by atoms with van der Waals surface area (Å²) in [6, 6.07) is 9.90. The van der Waals surface area contributed by atoms with Gasteiger partial charge in [-0.15, -0.1) is 6.58 Å². The summed E-state index contributed by atoms with van der Waals surface area (Å²) in [5.41, 5.74) is 3.63. The van der Waals surface area contributed by atoms with Crippen LogP contribution in [0.25, 0.3) is 11.1 Å². The number of rotatable bonds is 6. The monoisotopic (exact) mass is 399 g/mol. The molecule has 0 saturated carbocycles. The molecule has 5 nitrogen and oxygen atoms in total. The van der Waals surface area contributed by atoms with Crippen molar-refractivity contribution in [1.29, 1.82) is 0 Å². The molecular weight excluding hydrogens is 374 g/mol. The van der Waals surface area contributed by atoms with Gasteiger partial charge < -0.3 is 5.11 Å². The molecule has 1 saturated heterocycles. The predicted octanol–water partition coefficient (Wildman–Crippen LogP) is 4.05. The summed E-state index contributed by atoms with van der Waals surface area (Å²) in [6.07, 6.45) is 3.50. The van der Waals surface area contributed by atoms with Crippen LogP contribution in [-0.2, 0) is 9.84 Å². The molecule has 1 N–H and O–H groups in total. The topological polar surface area (TPSA) is 74.7 Å². The number of aromatic carboxylic acids is 1. The number of benzene rings is 2. The maximum absolute atomic E-state index is 13.4. The first-order chi connectivity index (χ1) is 13.3. The van der Waals surface area contributed by atoms with Crippen molar-refractivity contribution in [2.24, 2.45) is 0 Å². The van der Waals surface area contributed by atoms with E-state index in [9.17, 15) is 13.2 Å². The molecule has 28 heavy (non-hydrogen) atoms. The van der Waals surface area contributed by atoms with E-state index in [-0.39, 0.29) is 10.5 Å². The first kappa shape index (κ1) is 20.3. The van der Waals surface area contributed by atoms with Gasteiger partial charge in [-0.2, -0.15) is 0 Å². The van der Waals surface area contributed by atoms with Crippen LogP contribution < -0.4 is 0 Å². The van der Waals surface area contributed by atoms with E-state index in [1.807, 2.05) is 18.7 Å². The molecule has 2 aromatic rings. The lowest BCUT2D eigenvalue weighted by atomic mass is 9.96. The fraction of sp³-hybridized carbons (Fsp3) is 0.318. The minimum atomic E-state index is -3.61. The quantitative estimate of drug-likeness (QED) is 0.742. The van der Waals surface area contributed by atoms with Gasteiger partial charge in [0.05, 0.1) is 10.5 Å². The van der Waals surface area contributed by atoms with Gasteiger partial charge in [0.25, 0.3) is 0 Å². The Kier molecular flexibility index (Phi) is 5.72. The number of carbonyl (C=O) groups is 1. The van der Waals surface area contributed by atoms with Crippen LogP contribution in [0.15, 0.2) is 53.9 Å². The summed E-state index contributed by atoms with van der Waals surface area (Å²) >= 11 is 0. The number of likely N-dealkylation sites (tertiary alicyclic amines) is 1. The SMILES string of the molecule is C=CC(N1CCCC1)S(=O)(=O)c1cc(C)c(C)c(-c2ccc(C(=O)O)cc2)c1. The smallest absolute Gasteiger partial charge is 0.335 e. The molecule has 1 fully saturated rings. The van der Waals surface area contributed by atoms with Crippen molar-refractivity contribution in [3.05, 3.63) is 65.7 Å². The second kappa shape index (κ2) is 7.89. The van der Waals surface area contributed by atoms with E-state index in [1.165, 1.54) is 18.2 Å². The Hall–Kier alpha value is -2.44. The number of hydrogen-bond acceptors (Lipinski definition) is 4. The van der Waals surface area contributed by atoms with Crippen molar-refractivity contribution in [3.8, 4) is 11.1 Å². The summed E-state index contributed by atoms with van der Waals surface area (Å²) < 4.78 is 26.7. The molecule has 0 amide bonds. The van der Waals surface area contributed by atoms with E-state index >= 15 is 0 Å². The molecule has 0 bridgehead atoms. The number of sulfone groups is 1. The molecule has 6 heteroatoms. The van der Waals surface area contributed by atoms with Crippen LogP contribution in [0, 0.1) is 13.8 Å². The summed E-state index contributed by atoms with van der Waals surface area (Å²) in [5.74, 6) is -0.991. The molecule has 0 aliphatic carbocycles. The minimum absolute atomic E-state index is 0.197. The maximum Gasteiger partial charge on any atom is 0.335 e. The fourth-order valence-electron chi connectivity index (χ4n) is 3.69. The van der Waals surface area contributed by atoms with Crippen LogP contribution in [0.3, 0.4) is 0 Å². The van der Waals surface area contributed by atoms with Crippen molar-refractivity contribution >= 4 is 15.8 Å². The molecule has 0 spiro atoms. The van der Waals surface area contributed by atoms with Crippen LogP contribution in [-0.4, -0.2) is 42.9 Å². The zero-order chi connectivity index (χ0) is 20.5. The largest absolute Gasteiger partial charge is 0.478 e. The normalized spacial score (nSPS) is 16.1. The summed E-state index contributed by atoms with van der Waals surface area (Å²) in [4.78, 5) is 13.3. The lowest BCUT2D eigenvalue weighted by Crippen LogP contribution is -2.37. The molecule has 2 aromatic carbocycles. The van der Waals surface area contributed by atoms with Gasteiger partial charge in [-0.1, -0.05) is 18.2 Å². The number of nitrogens with zero attached hydrogens (tertiary/aromatic N) is 1. The Morgan fingerprint density at radius 2 is 1.75 bits per heavy atom. The van der Waals surface area contributed by atoms with Crippen LogP contribution in [0.1, 0.15) is 34.3 Å². The Labute approximate surface area is 166 Å². The van der Waals surface area contributed by atoms with Crippen LogP contribution in [0.2, 0.25) is 0 Å². The van der Waals surface area contributed by atoms with Gasteiger partial charge in [-0.25, -0.2) is 13.2 Å². The zero-order valence-electron chi connectivity index (χ0n) is 16.2. The van der Waals surface area contributed by atoms with Crippen LogP contribution in [0.5, 0.6) is 0 Å². The number of carboxylic acid groups (broad SMARTS) is 1. The second-order valence-electron chi connectivity index (χ2n) is 7.21. The lowest BCUT2D eigenvalue weighted by molar-refractivity contribution is 0.0697. The molecule has 0 aromatic heterocycles. The van der Waals surface area contributed by atoms with Crippen LogP contribution >= 0.6 is 0 Å². The van der Waals surface area contributed by atoms with Gasteiger partial charge in [0.15, 0.2) is 9.84 Å². The molecule has 0 radical (unpaired) electrons. The van der Waals surface area contributed by atoms with E-state index in [4.69, 9.17) is 5.11 Å². The van der Waals surface area contributed by atoms with Crippen LogP contribution in [0.4, 0.5) is 0 Å². The summed E-state index contributed by atoms with van der Waals surface area (Å²) in [7, 11) is -3.61. The van der Waals surface area contributed by atoms with Crippen molar-refractivity contribution < 1.29 is 18.3 Å². The number of carboxylic acids is 1. The highest BCUT2D eigenvalue weighted by atomic mass is 32.2. The van der Waals surface area contributed by atoms with E-state index < -0.39 is 21.2 Å². The Balaban J connectivity index is 2.08. The Morgan fingerprint density at radius 1 is 1.14 bits per heavy atom. The lowest BCUT2D eigenvalue weighted by Gasteiger charge is -2.25. The summed E-state index contributed by atoms with van der Waals surface area (Å²) in [5, 5.41) is 8.36. The minimum Gasteiger partial charge on any atom is -0.478 e. The average molecular weight is 400 g/mol. The molecule has 1 aliphatic rings. The molecule has 1 atom stereocenters. The third kappa shape index (κ3) is 3.75. The first-order valence-corrected chi connectivity index (χ1v) is 10.9. The predicted molar refractivity (Wildman–Crippen MR) is 110 cm³/mol. The van der Waals surface area contributed by atoms with E-state index in [0.29, 0.717) is 0 Å². The molecule has 1 aliphatic heterocycles. The highest BCUT2D eigenvalue weighted by molar-refractivity contribution is 7.92. The highest BCUT2D eigenvalue weighted by Crippen LogP contribution is 2.32. The Morgan fingerprint density at radius 3 is 2.29 bits per heavy atom. The van der Waals surface area contributed by atoms with Gasteiger partial charge in [-0.3, -0.25) is 4.90 Å². The molecular formula is C22H25NO4S.